The molecule has 188 valence electrons. The number of ketones is 1. The molecule has 4 fully saturated rings. The number of cyclic esters (lactones) is 1. The Hall–Kier alpha value is -2.71. The number of rotatable bonds is 3. The maximum absolute atomic E-state index is 13.8. The second kappa shape index (κ2) is 7.64. The van der Waals surface area contributed by atoms with Crippen molar-refractivity contribution in [1.82, 2.24) is 0 Å². The van der Waals surface area contributed by atoms with E-state index in [0.717, 1.165) is 11.1 Å². The van der Waals surface area contributed by atoms with Crippen molar-refractivity contribution in [3.05, 3.63) is 47.5 Å². The summed E-state index contributed by atoms with van der Waals surface area (Å²) in [6.45, 7) is 9.56. The molecule has 8 nitrogen and oxygen atoms in total. The van der Waals surface area contributed by atoms with Crippen molar-refractivity contribution in [3.8, 4) is 0 Å². The predicted octanol–water partition coefficient (Wildman–Crippen LogP) is 3.31. The largest absolute Gasteiger partial charge is 0.472 e. The van der Waals surface area contributed by atoms with Gasteiger partial charge in [-0.15, -0.1) is 0 Å². The maximum Gasteiger partial charge on any atom is 0.336 e. The average molecular weight is 485 g/mol. The van der Waals surface area contributed by atoms with E-state index < -0.39 is 52.4 Å². The molecular formula is C27H32O8. The first-order valence-corrected chi connectivity index (χ1v) is 12.0. The lowest BCUT2D eigenvalue weighted by atomic mass is 9.39. The minimum absolute atomic E-state index is 0.273. The lowest BCUT2D eigenvalue weighted by molar-refractivity contribution is -0.220. The number of aliphatic hydroxyl groups excluding tert-OH is 1. The van der Waals surface area contributed by atoms with Gasteiger partial charge < -0.3 is 23.7 Å². The van der Waals surface area contributed by atoms with Gasteiger partial charge in [0, 0.05) is 39.4 Å². The second-order valence-corrected chi connectivity index (χ2v) is 11.1. The van der Waals surface area contributed by atoms with Crippen LogP contribution in [0.3, 0.4) is 0 Å². The zero-order chi connectivity index (χ0) is 25.5. The molecule has 2 saturated carbocycles. The Morgan fingerprint density at radius 1 is 1.17 bits per heavy atom. The zero-order valence-corrected chi connectivity index (χ0v) is 20.9. The van der Waals surface area contributed by atoms with Gasteiger partial charge in [0.15, 0.2) is 11.9 Å². The van der Waals surface area contributed by atoms with E-state index in [2.05, 4.69) is 0 Å². The highest BCUT2D eigenvalue weighted by molar-refractivity contribution is 6.02. The van der Waals surface area contributed by atoms with Gasteiger partial charge >= 0.3 is 11.9 Å². The van der Waals surface area contributed by atoms with Crippen LogP contribution >= 0.6 is 0 Å². The summed E-state index contributed by atoms with van der Waals surface area (Å²) in [6, 6.07) is 1.77. The smallest absolute Gasteiger partial charge is 0.336 e. The van der Waals surface area contributed by atoms with E-state index in [1.165, 1.54) is 19.4 Å². The molecule has 0 aromatic carbocycles. The molecule has 4 aliphatic rings. The maximum atomic E-state index is 13.8. The Labute approximate surface area is 204 Å². The third-order valence-electron chi connectivity index (χ3n) is 9.54. The average Bonchev–Trinajstić information content (AvgIpc) is 3.33. The molecule has 2 saturated heterocycles. The van der Waals surface area contributed by atoms with Gasteiger partial charge in [-0.1, -0.05) is 32.4 Å². The van der Waals surface area contributed by atoms with Gasteiger partial charge in [-0.25, -0.2) is 9.59 Å². The van der Waals surface area contributed by atoms with E-state index in [-0.39, 0.29) is 17.8 Å². The Kier molecular flexibility index (Phi) is 5.24. The molecule has 8 heteroatoms. The summed E-state index contributed by atoms with van der Waals surface area (Å²) in [6.07, 6.45) is 3.37. The molecule has 9 atom stereocenters. The first-order chi connectivity index (χ1) is 16.4. The molecule has 1 aromatic rings. The van der Waals surface area contributed by atoms with Crippen LogP contribution in [0.25, 0.3) is 0 Å². The molecule has 3 heterocycles. The zero-order valence-electron chi connectivity index (χ0n) is 20.9. The number of methoxy groups -OCH3 is 1. The highest BCUT2D eigenvalue weighted by Gasteiger charge is 2.79. The van der Waals surface area contributed by atoms with Crippen LogP contribution in [-0.4, -0.2) is 48.3 Å². The minimum atomic E-state index is -1.32. The fourth-order valence-electron chi connectivity index (χ4n) is 7.83. The van der Waals surface area contributed by atoms with Crippen LogP contribution in [0.2, 0.25) is 0 Å². The quantitative estimate of drug-likeness (QED) is 0.514. The Bertz CT molecular complexity index is 1140. The van der Waals surface area contributed by atoms with E-state index in [9.17, 15) is 19.5 Å². The Morgan fingerprint density at radius 2 is 1.89 bits per heavy atom. The number of ether oxygens (including phenoxy) is 3. The lowest BCUT2D eigenvalue weighted by Crippen LogP contribution is -2.68. The van der Waals surface area contributed by atoms with E-state index >= 15 is 0 Å². The molecule has 0 radical (unpaired) electrons. The number of hydrogen-bond acceptors (Lipinski definition) is 8. The van der Waals surface area contributed by atoms with Gasteiger partial charge in [-0.2, -0.15) is 0 Å². The molecule has 2 aliphatic carbocycles. The normalized spacial score (nSPS) is 44.3. The van der Waals surface area contributed by atoms with Gasteiger partial charge in [-0.3, -0.25) is 4.79 Å². The third-order valence-corrected chi connectivity index (χ3v) is 9.54. The van der Waals surface area contributed by atoms with Crippen LogP contribution in [-0.2, 0) is 28.6 Å². The van der Waals surface area contributed by atoms with Gasteiger partial charge in [0.25, 0.3) is 0 Å². The molecule has 0 spiro atoms. The van der Waals surface area contributed by atoms with E-state index in [1.54, 1.807) is 18.4 Å². The van der Waals surface area contributed by atoms with Crippen molar-refractivity contribution < 1.29 is 38.1 Å². The lowest BCUT2D eigenvalue weighted by Gasteiger charge is -2.63. The molecule has 1 aromatic heterocycles. The summed E-state index contributed by atoms with van der Waals surface area (Å²) in [5.74, 6) is -2.29. The molecule has 2 aliphatic heterocycles. The number of allylic oxidation sites excluding steroid dienone is 2. The number of carbonyl (C=O) groups is 3. The fraction of sp³-hybridized carbons (Fsp3) is 0.593. The predicted molar refractivity (Wildman–Crippen MR) is 123 cm³/mol. The first kappa shape index (κ1) is 24.0. The van der Waals surface area contributed by atoms with Crippen molar-refractivity contribution in [1.29, 1.82) is 0 Å². The van der Waals surface area contributed by atoms with Crippen molar-refractivity contribution in [3.63, 3.8) is 0 Å². The molecular weight excluding hydrogens is 452 g/mol. The van der Waals surface area contributed by atoms with Gasteiger partial charge in [-0.05, 0) is 32.3 Å². The first-order valence-electron chi connectivity index (χ1n) is 12.0. The molecule has 35 heavy (non-hydrogen) atoms. The molecule has 4 bridgehead atoms. The van der Waals surface area contributed by atoms with Crippen LogP contribution in [0.15, 0.2) is 46.3 Å². The molecule has 5 rings (SSSR count). The summed E-state index contributed by atoms with van der Waals surface area (Å²) in [7, 11) is 1.30. The molecule has 0 amide bonds. The SMILES string of the molecule is COC(=O)C=C[C@]1(C)C(=C(C)C)C(=O)[C@H](O)[C@H]2[C@@H]1C[C@@H]1O[C@H]3C(=O)O[C@@H](c4ccoc4)[C@]1(C)[C@@]23C. The van der Waals surface area contributed by atoms with Gasteiger partial charge in [0.1, 0.15) is 12.2 Å². The second-order valence-electron chi connectivity index (χ2n) is 11.1. The topological polar surface area (TPSA) is 112 Å². The van der Waals surface area contributed by atoms with Gasteiger partial charge in [0.05, 0.1) is 25.7 Å². The highest BCUT2D eigenvalue weighted by atomic mass is 16.6. The third kappa shape index (κ3) is 2.84. The van der Waals surface area contributed by atoms with E-state index in [0.29, 0.717) is 12.0 Å². The summed E-state index contributed by atoms with van der Waals surface area (Å²) in [5, 5.41) is 11.6. The van der Waals surface area contributed by atoms with Crippen LogP contribution in [0.1, 0.15) is 52.7 Å². The van der Waals surface area contributed by atoms with E-state index in [4.69, 9.17) is 18.6 Å². The van der Waals surface area contributed by atoms with E-state index in [1.807, 2.05) is 34.6 Å². The number of Topliss-reactive ketones (excluding diaryl/α,β-unsaturated/α-hetero) is 1. The van der Waals surface area contributed by atoms with Crippen molar-refractivity contribution in [2.75, 3.05) is 7.11 Å². The van der Waals surface area contributed by atoms with Crippen molar-refractivity contribution in [2.24, 2.45) is 28.1 Å². The highest BCUT2D eigenvalue weighted by Crippen LogP contribution is 2.74. The number of aliphatic hydroxyl groups is 1. The standard InChI is InChI=1S/C27H32O8/c1-13(2)18-20(29)21(30)19-15(25(18,3)9-7-17(28)32-6)11-16-26(4)22(14-8-10-33-12-14)35-24(31)23(34-16)27(19,26)5/h7-10,12,15-16,19,21-23,30H,11H2,1-6H3/t15-,16-,19+,21+,22-,23-,25-,26+,27-/m0/s1. The van der Waals surface area contributed by atoms with Gasteiger partial charge in [0.2, 0.25) is 0 Å². The Balaban J connectivity index is 1.71. The Morgan fingerprint density at radius 3 is 2.49 bits per heavy atom. The summed E-state index contributed by atoms with van der Waals surface area (Å²) in [4.78, 5) is 39.1. The summed E-state index contributed by atoms with van der Waals surface area (Å²) >= 11 is 0. The van der Waals surface area contributed by atoms with Crippen LogP contribution in [0.5, 0.6) is 0 Å². The van der Waals surface area contributed by atoms with Crippen LogP contribution in [0, 0.1) is 28.1 Å². The molecule has 0 unspecified atom stereocenters. The number of carbonyl (C=O) groups excluding carboxylic acids is 3. The monoisotopic (exact) mass is 484 g/mol. The number of esters is 2. The molecule has 1 N–H and O–H groups in total. The summed E-state index contributed by atoms with van der Waals surface area (Å²) < 4.78 is 22.4. The van der Waals surface area contributed by atoms with Crippen LogP contribution in [0.4, 0.5) is 0 Å². The number of fused-ring (bicyclic) bond motifs is 1. The number of furan rings is 1. The van der Waals surface area contributed by atoms with Crippen LogP contribution < -0.4 is 0 Å². The van der Waals surface area contributed by atoms with Crippen molar-refractivity contribution >= 4 is 17.7 Å². The summed E-state index contributed by atoms with van der Waals surface area (Å²) in [5.41, 5.74) is -0.527. The fourth-order valence-corrected chi connectivity index (χ4v) is 7.83. The minimum Gasteiger partial charge on any atom is -0.472 e. The van der Waals surface area contributed by atoms with Crippen molar-refractivity contribution in [2.45, 2.75) is 65.5 Å². The number of hydrogen-bond donors (Lipinski definition) is 1.